The minimum atomic E-state index is -2.54. The van der Waals surface area contributed by atoms with Crippen LogP contribution in [-0.4, -0.2) is 12.2 Å². The third-order valence-corrected chi connectivity index (χ3v) is 1.44. The Morgan fingerprint density at radius 1 is 1.27 bits per heavy atom. The van der Waals surface area contributed by atoms with Gasteiger partial charge in [0, 0.05) is 12.8 Å². The first-order chi connectivity index (χ1) is 5.06. The number of carbonyl (C=O) groups excluding carboxylic acids is 1. The Balaban J connectivity index is 3.08. The van der Waals surface area contributed by atoms with Gasteiger partial charge in [-0.05, 0) is 19.8 Å². The van der Waals surface area contributed by atoms with E-state index in [1.165, 1.54) is 0 Å². The molecule has 0 fully saturated rings. The van der Waals surface area contributed by atoms with Gasteiger partial charge >= 0.3 is 0 Å². The molecule has 0 amide bonds. The summed E-state index contributed by atoms with van der Waals surface area (Å²) in [6.45, 7) is 0.923. The molecule has 66 valence electrons. The Bertz CT molecular complexity index is 107. The van der Waals surface area contributed by atoms with Gasteiger partial charge in [-0.1, -0.05) is 6.42 Å². The Kier molecular flexibility index (Phi) is 4.99. The minimum absolute atomic E-state index is 0.0636. The van der Waals surface area contributed by atoms with Gasteiger partial charge in [0.1, 0.15) is 6.29 Å². The monoisotopic (exact) mass is 164 g/mol. The highest BCUT2D eigenvalue weighted by molar-refractivity contribution is 5.48. The lowest BCUT2D eigenvalue weighted by Crippen LogP contribution is -2.08. The van der Waals surface area contributed by atoms with E-state index in [4.69, 9.17) is 0 Å². The highest BCUT2D eigenvalue weighted by Gasteiger charge is 2.19. The van der Waals surface area contributed by atoms with Gasteiger partial charge in [-0.2, -0.15) is 0 Å². The number of rotatable bonds is 6. The van der Waals surface area contributed by atoms with Crippen LogP contribution in [-0.2, 0) is 4.79 Å². The molecule has 0 atom stereocenters. The Labute approximate surface area is 65.8 Å². The van der Waals surface area contributed by atoms with E-state index < -0.39 is 5.92 Å². The molecule has 11 heavy (non-hydrogen) atoms. The van der Waals surface area contributed by atoms with Crippen LogP contribution in [0.25, 0.3) is 0 Å². The van der Waals surface area contributed by atoms with E-state index in [9.17, 15) is 13.6 Å². The topological polar surface area (TPSA) is 17.1 Å². The molecule has 0 aliphatic heterocycles. The van der Waals surface area contributed by atoms with Crippen molar-refractivity contribution in [3.8, 4) is 0 Å². The molecule has 0 N–H and O–H groups in total. The van der Waals surface area contributed by atoms with Gasteiger partial charge in [0.15, 0.2) is 0 Å². The van der Waals surface area contributed by atoms with Crippen molar-refractivity contribution in [1.29, 1.82) is 0 Å². The van der Waals surface area contributed by atoms with Crippen molar-refractivity contribution in [1.82, 2.24) is 0 Å². The third-order valence-electron chi connectivity index (χ3n) is 1.44. The van der Waals surface area contributed by atoms with E-state index in [-0.39, 0.29) is 6.42 Å². The summed E-state index contributed by atoms with van der Waals surface area (Å²) >= 11 is 0. The first kappa shape index (κ1) is 10.5. The van der Waals surface area contributed by atoms with Crippen LogP contribution in [0, 0.1) is 0 Å². The molecule has 0 unspecified atom stereocenters. The molecule has 0 aliphatic carbocycles. The summed E-state index contributed by atoms with van der Waals surface area (Å²) in [5.41, 5.74) is 0. The summed E-state index contributed by atoms with van der Waals surface area (Å²) in [7, 11) is 0. The van der Waals surface area contributed by atoms with E-state index in [2.05, 4.69) is 0 Å². The quantitative estimate of drug-likeness (QED) is 0.435. The molecule has 0 spiro atoms. The summed E-state index contributed by atoms with van der Waals surface area (Å²) in [4.78, 5) is 9.82. The van der Waals surface area contributed by atoms with E-state index in [0.29, 0.717) is 12.8 Å². The van der Waals surface area contributed by atoms with Gasteiger partial charge in [0.05, 0.1) is 0 Å². The Morgan fingerprint density at radius 3 is 2.36 bits per heavy atom. The second kappa shape index (κ2) is 5.22. The number of unbranched alkanes of at least 4 members (excludes halogenated alkanes) is 3. The number of hydrogen-bond donors (Lipinski definition) is 0. The molecule has 3 heteroatoms. The standard InChI is InChI=1S/C8H14F2O/c1-8(9,10)6-4-2-3-5-7-11/h7H,2-6H2,1H3. The number of carbonyl (C=O) groups is 1. The number of hydrogen-bond acceptors (Lipinski definition) is 1. The zero-order valence-corrected chi connectivity index (χ0v) is 6.78. The van der Waals surface area contributed by atoms with Crippen molar-refractivity contribution in [3.05, 3.63) is 0 Å². The highest BCUT2D eigenvalue weighted by atomic mass is 19.3. The van der Waals surface area contributed by atoms with Gasteiger partial charge in [-0.25, -0.2) is 8.78 Å². The maximum Gasteiger partial charge on any atom is 0.245 e. The van der Waals surface area contributed by atoms with Gasteiger partial charge in [0.25, 0.3) is 0 Å². The molecule has 0 aromatic rings. The van der Waals surface area contributed by atoms with Crippen LogP contribution in [0.4, 0.5) is 8.78 Å². The maximum atomic E-state index is 12.2. The van der Waals surface area contributed by atoms with Crippen LogP contribution in [0.2, 0.25) is 0 Å². The molecule has 0 bridgehead atoms. The van der Waals surface area contributed by atoms with Crippen LogP contribution in [0.1, 0.15) is 39.0 Å². The molecule has 1 nitrogen and oxygen atoms in total. The van der Waals surface area contributed by atoms with Crippen LogP contribution in [0.3, 0.4) is 0 Å². The van der Waals surface area contributed by atoms with Crippen LogP contribution in [0.5, 0.6) is 0 Å². The van der Waals surface area contributed by atoms with Crippen molar-refractivity contribution in [3.63, 3.8) is 0 Å². The molecule has 0 radical (unpaired) electrons. The minimum Gasteiger partial charge on any atom is -0.303 e. The van der Waals surface area contributed by atoms with Crippen molar-refractivity contribution in [2.24, 2.45) is 0 Å². The SMILES string of the molecule is CC(F)(F)CCCCCC=O. The maximum absolute atomic E-state index is 12.2. The van der Waals surface area contributed by atoms with Crippen LogP contribution >= 0.6 is 0 Å². The summed E-state index contributed by atoms with van der Waals surface area (Å²) in [5, 5.41) is 0. The molecule has 0 aliphatic rings. The number of aldehydes is 1. The Morgan fingerprint density at radius 2 is 1.91 bits per heavy atom. The molecule has 0 saturated carbocycles. The average molecular weight is 164 g/mol. The normalized spacial score (nSPS) is 11.5. The van der Waals surface area contributed by atoms with E-state index in [1.54, 1.807) is 0 Å². The Hall–Kier alpha value is -0.470. The van der Waals surface area contributed by atoms with Crippen LogP contribution in [0.15, 0.2) is 0 Å². The predicted octanol–water partition coefficient (Wildman–Crippen LogP) is 2.79. The summed E-state index contributed by atoms with van der Waals surface area (Å²) in [6, 6.07) is 0. The lowest BCUT2D eigenvalue weighted by Gasteiger charge is -2.08. The lowest BCUT2D eigenvalue weighted by molar-refractivity contribution is -0.107. The third kappa shape index (κ3) is 9.53. The smallest absolute Gasteiger partial charge is 0.245 e. The van der Waals surface area contributed by atoms with Crippen molar-refractivity contribution in [2.45, 2.75) is 45.0 Å². The van der Waals surface area contributed by atoms with Crippen LogP contribution < -0.4 is 0 Å². The van der Waals surface area contributed by atoms with Crippen molar-refractivity contribution < 1.29 is 13.6 Å². The molecular weight excluding hydrogens is 150 g/mol. The first-order valence-corrected chi connectivity index (χ1v) is 3.88. The van der Waals surface area contributed by atoms with E-state index >= 15 is 0 Å². The second-order valence-corrected chi connectivity index (χ2v) is 2.84. The molecular formula is C8H14F2O. The molecule has 0 aromatic heterocycles. The predicted molar refractivity (Wildman–Crippen MR) is 39.8 cm³/mol. The van der Waals surface area contributed by atoms with Gasteiger partial charge in [0.2, 0.25) is 5.92 Å². The number of alkyl halides is 2. The fourth-order valence-corrected chi connectivity index (χ4v) is 0.840. The molecule has 0 heterocycles. The first-order valence-electron chi connectivity index (χ1n) is 3.88. The summed E-state index contributed by atoms with van der Waals surface area (Å²) in [5.74, 6) is -2.54. The average Bonchev–Trinajstić information content (AvgIpc) is 1.85. The number of halogens is 2. The second-order valence-electron chi connectivity index (χ2n) is 2.84. The summed E-state index contributed by atoms with van der Waals surface area (Å²) < 4.78 is 24.3. The van der Waals surface area contributed by atoms with Crippen molar-refractivity contribution in [2.75, 3.05) is 0 Å². The summed E-state index contributed by atoms with van der Waals surface area (Å²) in [6.07, 6.45) is 3.23. The fraction of sp³-hybridized carbons (Fsp3) is 0.875. The van der Waals surface area contributed by atoms with Gasteiger partial charge in [-0.15, -0.1) is 0 Å². The highest BCUT2D eigenvalue weighted by Crippen LogP contribution is 2.20. The zero-order valence-electron chi connectivity index (χ0n) is 6.78. The van der Waals surface area contributed by atoms with E-state index in [0.717, 1.165) is 26.1 Å². The lowest BCUT2D eigenvalue weighted by atomic mass is 10.1. The fourth-order valence-electron chi connectivity index (χ4n) is 0.840. The van der Waals surface area contributed by atoms with E-state index in [1.807, 2.05) is 0 Å². The van der Waals surface area contributed by atoms with Crippen molar-refractivity contribution >= 4 is 6.29 Å². The molecule has 0 aromatic carbocycles. The largest absolute Gasteiger partial charge is 0.303 e. The molecule has 0 saturated heterocycles. The molecule has 0 rings (SSSR count). The zero-order chi connectivity index (χ0) is 8.74. The van der Waals surface area contributed by atoms with Gasteiger partial charge in [-0.3, -0.25) is 0 Å². The van der Waals surface area contributed by atoms with Gasteiger partial charge < -0.3 is 4.79 Å².